The molecule has 0 unspecified atom stereocenters. The van der Waals surface area contributed by atoms with E-state index in [9.17, 15) is 4.79 Å². The summed E-state index contributed by atoms with van der Waals surface area (Å²) in [6.07, 6.45) is 0.314. The highest BCUT2D eigenvalue weighted by Gasteiger charge is 2.17. The highest BCUT2D eigenvalue weighted by molar-refractivity contribution is 6.33. The highest BCUT2D eigenvalue weighted by Crippen LogP contribution is 2.21. The Balaban J connectivity index is 2.73. The number of urea groups is 1. The van der Waals surface area contributed by atoms with E-state index in [-0.39, 0.29) is 12.1 Å². The Labute approximate surface area is 112 Å². The minimum atomic E-state index is -0.242. The van der Waals surface area contributed by atoms with E-state index in [1.165, 1.54) is 0 Å². The van der Waals surface area contributed by atoms with Crippen LogP contribution in [0.5, 0.6) is 0 Å². The molecule has 2 amide bonds. The zero-order chi connectivity index (χ0) is 13.5. The third-order valence-electron chi connectivity index (χ3n) is 2.46. The fraction of sp³-hybridized carbons (Fsp3) is 0.385. The van der Waals surface area contributed by atoms with Crippen molar-refractivity contribution in [2.24, 2.45) is 0 Å². The number of amides is 2. The van der Waals surface area contributed by atoms with Crippen LogP contribution >= 0.6 is 11.6 Å². The van der Waals surface area contributed by atoms with E-state index in [1.54, 1.807) is 29.2 Å². The molecule has 1 aromatic carbocycles. The molecule has 0 heterocycles. The lowest BCUT2D eigenvalue weighted by molar-refractivity contribution is 0.198. The number of anilines is 1. The van der Waals surface area contributed by atoms with Gasteiger partial charge in [0.05, 0.1) is 23.2 Å². The van der Waals surface area contributed by atoms with Gasteiger partial charge in [0.2, 0.25) is 0 Å². The summed E-state index contributed by atoms with van der Waals surface area (Å²) in [5.74, 6) is 0. The lowest BCUT2D eigenvalue weighted by Gasteiger charge is -2.26. The van der Waals surface area contributed by atoms with Gasteiger partial charge in [0.1, 0.15) is 0 Å². The van der Waals surface area contributed by atoms with Gasteiger partial charge < -0.3 is 10.2 Å². The van der Waals surface area contributed by atoms with Crippen LogP contribution in [0.15, 0.2) is 24.3 Å². The minimum absolute atomic E-state index is 0.0286. The van der Waals surface area contributed by atoms with Crippen LogP contribution in [0.25, 0.3) is 0 Å². The van der Waals surface area contributed by atoms with Crippen LogP contribution in [-0.4, -0.2) is 23.5 Å². The molecule has 0 saturated carbocycles. The van der Waals surface area contributed by atoms with Crippen molar-refractivity contribution in [3.8, 4) is 6.07 Å². The fourth-order valence-electron chi connectivity index (χ4n) is 1.51. The Morgan fingerprint density at radius 3 is 2.72 bits per heavy atom. The Hall–Kier alpha value is -1.73. The molecule has 1 aromatic rings. The van der Waals surface area contributed by atoms with Gasteiger partial charge in [-0.15, -0.1) is 0 Å². The summed E-state index contributed by atoms with van der Waals surface area (Å²) >= 11 is 5.97. The number of rotatable bonds is 4. The van der Waals surface area contributed by atoms with Crippen LogP contribution in [-0.2, 0) is 0 Å². The molecule has 0 saturated heterocycles. The first kappa shape index (κ1) is 14.3. The first-order valence-corrected chi connectivity index (χ1v) is 6.13. The molecule has 5 heteroatoms. The Morgan fingerprint density at radius 1 is 1.50 bits per heavy atom. The molecule has 0 aliphatic carbocycles. The van der Waals surface area contributed by atoms with Crippen molar-refractivity contribution in [3.05, 3.63) is 29.3 Å². The second kappa shape index (κ2) is 6.87. The first-order chi connectivity index (χ1) is 8.56. The number of nitriles is 1. The van der Waals surface area contributed by atoms with Crippen molar-refractivity contribution in [3.63, 3.8) is 0 Å². The number of benzene rings is 1. The quantitative estimate of drug-likeness (QED) is 0.906. The molecule has 96 valence electrons. The van der Waals surface area contributed by atoms with Crippen LogP contribution < -0.4 is 5.32 Å². The maximum Gasteiger partial charge on any atom is 0.322 e. The van der Waals surface area contributed by atoms with Crippen LogP contribution in [0.4, 0.5) is 10.5 Å². The van der Waals surface area contributed by atoms with E-state index < -0.39 is 0 Å². The summed E-state index contributed by atoms with van der Waals surface area (Å²) < 4.78 is 0. The maximum absolute atomic E-state index is 12.1. The molecule has 4 nitrogen and oxygen atoms in total. The fourth-order valence-corrected chi connectivity index (χ4v) is 1.70. The van der Waals surface area contributed by atoms with Crippen molar-refractivity contribution >= 4 is 23.3 Å². The Morgan fingerprint density at radius 2 is 2.17 bits per heavy atom. The topological polar surface area (TPSA) is 56.1 Å². The SMILES string of the molecule is CC(C)N(CCC#N)C(=O)Nc1ccccc1Cl. The standard InChI is InChI=1S/C13H16ClN3O/c1-10(2)17(9-5-8-15)13(18)16-12-7-4-3-6-11(12)14/h3-4,6-7,10H,5,9H2,1-2H3,(H,16,18). The van der Waals surface area contributed by atoms with Crippen LogP contribution in [0.3, 0.4) is 0 Å². The maximum atomic E-state index is 12.1. The summed E-state index contributed by atoms with van der Waals surface area (Å²) in [5, 5.41) is 11.8. The van der Waals surface area contributed by atoms with E-state index in [1.807, 2.05) is 19.9 Å². The monoisotopic (exact) mass is 265 g/mol. The van der Waals surface area contributed by atoms with Crippen molar-refractivity contribution in [2.75, 3.05) is 11.9 Å². The number of carbonyl (C=O) groups excluding carboxylic acids is 1. The van der Waals surface area contributed by atoms with Crippen LogP contribution in [0.1, 0.15) is 20.3 Å². The number of carbonyl (C=O) groups is 1. The number of nitrogens with one attached hydrogen (secondary N) is 1. The van der Waals surface area contributed by atoms with E-state index in [4.69, 9.17) is 16.9 Å². The predicted octanol–water partition coefficient (Wildman–Crippen LogP) is 3.50. The minimum Gasteiger partial charge on any atom is -0.321 e. The number of hydrogen-bond donors (Lipinski definition) is 1. The molecule has 18 heavy (non-hydrogen) atoms. The van der Waals surface area contributed by atoms with Crippen LogP contribution in [0, 0.1) is 11.3 Å². The predicted molar refractivity (Wildman–Crippen MR) is 72.5 cm³/mol. The Kier molecular flexibility index (Phi) is 5.47. The lowest BCUT2D eigenvalue weighted by atomic mass is 10.3. The molecule has 1 rings (SSSR count). The first-order valence-electron chi connectivity index (χ1n) is 5.75. The number of nitrogens with zero attached hydrogens (tertiary/aromatic N) is 2. The van der Waals surface area contributed by atoms with Gasteiger partial charge in [-0.05, 0) is 26.0 Å². The lowest BCUT2D eigenvalue weighted by Crippen LogP contribution is -2.40. The van der Waals surface area contributed by atoms with Gasteiger partial charge in [-0.2, -0.15) is 5.26 Å². The van der Waals surface area contributed by atoms with E-state index >= 15 is 0 Å². The highest BCUT2D eigenvalue weighted by atomic mass is 35.5. The summed E-state index contributed by atoms with van der Waals surface area (Å²) in [6.45, 7) is 4.22. The molecule has 0 aliphatic rings. The molecule has 0 bridgehead atoms. The average molecular weight is 266 g/mol. The summed E-state index contributed by atoms with van der Waals surface area (Å²) in [5.41, 5.74) is 0.576. The van der Waals surface area contributed by atoms with Gasteiger partial charge >= 0.3 is 6.03 Å². The number of halogens is 1. The van der Waals surface area contributed by atoms with Crippen molar-refractivity contribution < 1.29 is 4.79 Å². The molecule has 1 N–H and O–H groups in total. The zero-order valence-corrected chi connectivity index (χ0v) is 11.2. The van der Waals surface area contributed by atoms with Gasteiger partial charge in [-0.25, -0.2) is 4.79 Å². The molecule has 0 spiro atoms. The second-order valence-corrected chi connectivity index (χ2v) is 4.51. The molecule has 0 aromatic heterocycles. The largest absolute Gasteiger partial charge is 0.322 e. The molecular weight excluding hydrogens is 250 g/mol. The van der Waals surface area contributed by atoms with Crippen molar-refractivity contribution in [1.82, 2.24) is 4.90 Å². The zero-order valence-electron chi connectivity index (χ0n) is 10.5. The van der Waals surface area contributed by atoms with Crippen molar-refractivity contribution in [2.45, 2.75) is 26.3 Å². The molecular formula is C13H16ClN3O. The van der Waals surface area contributed by atoms with Gasteiger partial charge in [0, 0.05) is 12.6 Å². The van der Waals surface area contributed by atoms with E-state index in [2.05, 4.69) is 5.32 Å². The normalized spacial score (nSPS) is 9.94. The Bertz CT molecular complexity index is 454. The van der Waals surface area contributed by atoms with E-state index in [0.29, 0.717) is 23.7 Å². The van der Waals surface area contributed by atoms with Gasteiger partial charge in [0.25, 0.3) is 0 Å². The van der Waals surface area contributed by atoms with Gasteiger partial charge in [0.15, 0.2) is 0 Å². The number of para-hydroxylation sites is 1. The molecule has 0 radical (unpaired) electrons. The van der Waals surface area contributed by atoms with Crippen molar-refractivity contribution in [1.29, 1.82) is 5.26 Å². The summed E-state index contributed by atoms with van der Waals surface area (Å²) in [6, 6.07) is 8.88. The molecule has 0 atom stereocenters. The molecule has 0 aliphatic heterocycles. The smallest absolute Gasteiger partial charge is 0.321 e. The van der Waals surface area contributed by atoms with Crippen LogP contribution in [0.2, 0.25) is 5.02 Å². The summed E-state index contributed by atoms with van der Waals surface area (Å²) in [4.78, 5) is 13.7. The van der Waals surface area contributed by atoms with Gasteiger partial charge in [-0.3, -0.25) is 0 Å². The third kappa shape index (κ3) is 3.94. The molecule has 0 fully saturated rings. The van der Waals surface area contributed by atoms with Gasteiger partial charge in [-0.1, -0.05) is 23.7 Å². The summed E-state index contributed by atoms with van der Waals surface area (Å²) in [7, 11) is 0. The van der Waals surface area contributed by atoms with E-state index in [0.717, 1.165) is 0 Å². The third-order valence-corrected chi connectivity index (χ3v) is 2.79. The number of hydrogen-bond acceptors (Lipinski definition) is 2. The average Bonchev–Trinajstić information content (AvgIpc) is 2.32. The second-order valence-electron chi connectivity index (χ2n) is 4.11.